The summed E-state index contributed by atoms with van der Waals surface area (Å²) >= 11 is 6.16. The number of carbonyl (C=O) groups is 1. The summed E-state index contributed by atoms with van der Waals surface area (Å²) in [5.41, 5.74) is 8.24. The molecule has 0 unspecified atom stereocenters. The second-order valence-electron chi connectivity index (χ2n) is 5.79. The van der Waals surface area contributed by atoms with Crippen molar-refractivity contribution in [3.05, 3.63) is 67.7 Å². The summed E-state index contributed by atoms with van der Waals surface area (Å²) in [5, 5.41) is 0.636. The number of hydrogen-bond acceptors (Lipinski definition) is 1. The average molecular weight is 301 g/mol. The third-order valence-electron chi connectivity index (χ3n) is 4.66. The molecule has 110 valence electrons. The predicted octanol–water partition coefficient (Wildman–Crippen LogP) is 5.42. The minimum atomic E-state index is 0.0538. The molecule has 0 saturated carbocycles. The van der Waals surface area contributed by atoms with E-state index in [9.17, 15) is 4.79 Å². The Morgan fingerprint density at radius 1 is 0.810 bits per heavy atom. The number of aryl methyl sites for hydroxylation is 1. The molecule has 2 aromatic carbocycles. The number of ketones is 1. The van der Waals surface area contributed by atoms with Gasteiger partial charge in [-0.1, -0.05) is 23.7 Å². The summed E-state index contributed by atoms with van der Waals surface area (Å²) in [5.74, 6) is 0.0538. The van der Waals surface area contributed by atoms with Gasteiger partial charge in [0.1, 0.15) is 0 Å². The van der Waals surface area contributed by atoms with Crippen LogP contribution in [-0.2, 0) is 0 Å². The molecule has 0 N–H and O–H groups in total. The average Bonchev–Trinajstić information content (AvgIpc) is 2.46. The van der Waals surface area contributed by atoms with Gasteiger partial charge in [0.2, 0.25) is 0 Å². The van der Waals surface area contributed by atoms with Crippen molar-refractivity contribution in [2.24, 2.45) is 0 Å². The molecule has 0 heterocycles. The van der Waals surface area contributed by atoms with Crippen LogP contribution in [0.1, 0.15) is 49.3 Å². The number of hydrogen-bond donors (Lipinski definition) is 0. The van der Waals surface area contributed by atoms with Crippen molar-refractivity contribution >= 4 is 17.4 Å². The van der Waals surface area contributed by atoms with Crippen molar-refractivity contribution in [2.75, 3.05) is 0 Å². The smallest absolute Gasteiger partial charge is 0.193 e. The molecule has 0 aliphatic rings. The van der Waals surface area contributed by atoms with Crippen LogP contribution in [-0.4, -0.2) is 5.78 Å². The van der Waals surface area contributed by atoms with E-state index < -0.39 is 0 Å². The first kappa shape index (κ1) is 15.8. The lowest BCUT2D eigenvalue weighted by Crippen LogP contribution is -2.10. The highest BCUT2D eigenvalue weighted by Crippen LogP contribution is 2.29. The van der Waals surface area contributed by atoms with Crippen LogP contribution in [0.25, 0.3) is 0 Å². The zero-order valence-electron chi connectivity index (χ0n) is 13.5. The first-order chi connectivity index (χ1) is 9.75. The summed E-state index contributed by atoms with van der Waals surface area (Å²) in [4.78, 5) is 12.9. The van der Waals surface area contributed by atoms with Gasteiger partial charge in [-0.15, -0.1) is 0 Å². The van der Waals surface area contributed by atoms with E-state index in [0.717, 1.165) is 22.3 Å². The minimum Gasteiger partial charge on any atom is -0.289 e. The SMILES string of the molecule is Cc1ccc(C(=O)c2c(C)c(C)c(C)c(C)c2C)cc1Cl. The maximum Gasteiger partial charge on any atom is 0.193 e. The molecule has 21 heavy (non-hydrogen) atoms. The highest BCUT2D eigenvalue weighted by molar-refractivity contribution is 6.32. The van der Waals surface area contributed by atoms with Gasteiger partial charge in [-0.3, -0.25) is 4.79 Å². The molecule has 2 aromatic rings. The second-order valence-corrected chi connectivity index (χ2v) is 6.20. The van der Waals surface area contributed by atoms with E-state index in [4.69, 9.17) is 11.6 Å². The predicted molar refractivity (Wildman–Crippen MR) is 89.7 cm³/mol. The minimum absolute atomic E-state index is 0.0538. The van der Waals surface area contributed by atoms with Crippen LogP contribution in [0, 0.1) is 41.5 Å². The van der Waals surface area contributed by atoms with E-state index >= 15 is 0 Å². The Kier molecular flexibility index (Phi) is 4.25. The third kappa shape index (κ3) is 2.63. The molecule has 0 aliphatic carbocycles. The van der Waals surface area contributed by atoms with Gasteiger partial charge in [0.05, 0.1) is 0 Å². The van der Waals surface area contributed by atoms with Crippen LogP contribution in [0.5, 0.6) is 0 Å². The Morgan fingerprint density at radius 3 is 1.76 bits per heavy atom. The highest BCUT2D eigenvalue weighted by atomic mass is 35.5. The van der Waals surface area contributed by atoms with Crippen molar-refractivity contribution in [3.63, 3.8) is 0 Å². The summed E-state index contributed by atoms with van der Waals surface area (Å²) in [6.07, 6.45) is 0. The monoisotopic (exact) mass is 300 g/mol. The Labute approximate surface area is 132 Å². The van der Waals surface area contributed by atoms with Gasteiger partial charge in [-0.2, -0.15) is 0 Å². The standard InChI is InChI=1S/C19H21ClO/c1-10-7-8-16(9-17(10)20)19(21)18-14(5)12(3)11(2)13(4)15(18)6/h7-9H,1-6H3. The fourth-order valence-electron chi connectivity index (χ4n) is 2.72. The summed E-state index contributed by atoms with van der Waals surface area (Å²) in [6.45, 7) is 12.3. The highest BCUT2D eigenvalue weighted by Gasteiger charge is 2.19. The summed E-state index contributed by atoms with van der Waals surface area (Å²) < 4.78 is 0. The normalized spacial score (nSPS) is 10.8. The van der Waals surface area contributed by atoms with E-state index in [2.05, 4.69) is 20.8 Å². The van der Waals surface area contributed by atoms with Gasteiger partial charge in [0.15, 0.2) is 5.78 Å². The molecule has 2 heteroatoms. The molecule has 0 saturated heterocycles. The Bertz CT molecular complexity index is 713. The van der Waals surface area contributed by atoms with Crippen molar-refractivity contribution < 1.29 is 4.79 Å². The van der Waals surface area contributed by atoms with E-state index in [1.165, 1.54) is 16.7 Å². The third-order valence-corrected chi connectivity index (χ3v) is 5.07. The van der Waals surface area contributed by atoms with Gasteiger partial charge >= 0.3 is 0 Å². The Morgan fingerprint density at radius 2 is 1.29 bits per heavy atom. The first-order valence-corrected chi connectivity index (χ1v) is 7.51. The molecular weight excluding hydrogens is 280 g/mol. The molecule has 2 rings (SSSR count). The maximum atomic E-state index is 12.9. The van der Waals surface area contributed by atoms with E-state index in [-0.39, 0.29) is 5.78 Å². The molecule has 0 aromatic heterocycles. The van der Waals surface area contributed by atoms with Crippen LogP contribution in [0.15, 0.2) is 18.2 Å². The van der Waals surface area contributed by atoms with Crippen LogP contribution in [0.2, 0.25) is 5.02 Å². The second kappa shape index (κ2) is 5.65. The lowest BCUT2D eigenvalue weighted by Gasteiger charge is -2.18. The van der Waals surface area contributed by atoms with Crippen molar-refractivity contribution in [1.82, 2.24) is 0 Å². The van der Waals surface area contributed by atoms with Crippen molar-refractivity contribution in [3.8, 4) is 0 Å². The molecule has 0 spiro atoms. The van der Waals surface area contributed by atoms with Gasteiger partial charge in [0, 0.05) is 16.1 Å². The number of benzene rings is 2. The summed E-state index contributed by atoms with van der Waals surface area (Å²) in [6, 6.07) is 5.52. The van der Waals surface area contributed by atoms with E-state index in [0.29, 0.717) is 10.6 Å². The van der Waals surface area contributed by atoms with Gasteiger partial charge < -0.3 is 0 Å². The van der Waals surface area contributed by atoms with Crippen LogP contribution >= 0.6 is 11.6 Å². The molecule has 1 nitrogen and oxygen atoms in total. The van der Waals surface area contributed by atoms with Crippen molar-refractivity contribution in [2.45, 2.75) is 41.5 Å². The quantitative estimate of drug-likeness (QED) is 0.677. The largest absolute Gasteiger partial charge is 0.289 e. The Balaban J connectivity index is 2.66. The summed E-state index contributed by atoms with van der Waals surface area (Å²) in [7, 11) is 0. The first-order valence-electron chi connectivity index (χ1n) is 7.13. The molecule has 0 bridgehead atoms. The van der Waals surface area contributed by atoms with Gasteiger partial charge in [0.25, 0.3) is 0 Å². The fraction of sp³-hybridized carbons (Fsp3) is 0.316. The van der Waals surface area contributed by atoms with E-state index in [1.807, 2.05) is 32.9 Å². The molecule has 0 aliphatic heterocycles. The lowest BCUT2D eigenvalue weighted by atomic mass is 9.86. The zero-order chi connectivity index (χ0) is 15.9. The van der Waals surface area contributed by atoms with Crippen LogP contribution in [0.4, 0.5) is 0 Å². The van der Waals surface area contributed by atoms with Gasteiger partial charge in [-0.25, -0.2) is 0 Å². The maximum absolute atomic E-state index is 12.9. The molecule has 0 amide bonds. The van der Waals surface area contributed by atoms with Crippen LogP contribution < -0.4 is 0 Å². The fourth-order valence-corrected chi connectivity index (χ4v) is 2.90. The molecular formula is C19H21ClO. The molecule has 0 fully saturated rings. The number of carbonyl (C=O) groups excluding carboxylic acids is 1. The van der Waals surface area contributed by atoms with Gasteiger partial charge in [-0.05, 0) is 81.0 Å². The Hall–Kier alpha value is -1.60. The molecule has 0 atom stereocenters. The number of rotatable bonds is 2. The zero-order valence-corrected chi connectivity index (χ0v) is 14.3. The van der Waals surface area contributed by atoms with E-state index in [1.54, 1.807) is 6.07 Å². The topological polar surface area (TPSA) is 17.1 Å². The lowest BCUT2D eigenvalue weighted by molar-refractivity contribution is 0.103. The van der Waals surface area contributed by atoms with Crippen molar-refractivity contribution in [1.29, 1.82) is 0 Å². The number of halogens is 1. The molecule has 0 radical (unpaired) electrons. The van der Waals surface area contributed by atoms with Crippen LogP contribution in [0.3, 0.4) is 0 Å².